The van der Waals surface area contributed by atoms with E-state index in [9.17, 15) is 9.18 Å². The molecule has 8 nitrogen and oxygen atoms in total. The Labute approximate surface area is 175 Å². The van der Waals surface area contributed by atoms with Crippen LogP contribution in [0.3, 0.4) is 0 Å². The van der Waals surface area contributed by atoms with E-state index in [1.54, 1.807) is 36.8 Å². The monoisotopic (exact) mass is 423 g/mol. The molecule has 0 radical (unpaired) electrons. The molecule has 0 aliphatic heterocycles. The average molecular weight is 423 g/mol. The molecule has 3 heterocycles. The van der Waals surface area contributed by atoms with Crippen LogP contribution < -0.4 is 10.6 Å². The molecule has 3 aromatic heterocycles. The van der Waals surface area contributed by atoms with E-state index in [1.165, 1.54) is 28.3 Å². The smallest absolute Gasteiger partial charge is 0.272 e. The second-order valence-corrected chi connectivity index (χ2v) is 8.11. The van der Waals surface area contributed by atoms with Crippen LogP contribution in [0.2, 0.25) is 0 Å². The predicted octanol–water partition coefficient (Wildman–Crippen LogP) is 3.17. The van der Waals surface area contributed by atoms with Gasteiger partial charge in [0.2, 0.25) is 0 Å². The van der Waals surface area contributed by atoms with Crippen LogP contribution in [-0.2, 0) is 0 Å². The van der Waals surface area contributed by atoms with E-state index in [2.05, 4.69) is 30.8 Å². The van der Waals surface area contributed by atoms with E-state index in [4.69, 9.17) is 0 Å². The number of carbonyl (C=O) groups excluding carboxylic acids is 1. The van der Waals surface area contributed by atoms with Gasteiger partial charge in [0.15, 0.2) is 10.8 Å². The van der Waals surface area contributed by atoms with Crippen molar-refractivity contribution in [2.24, 2.45) is 0 Å². The standard InChI is InChI=1S/C20H18FN7OS/c21-12-6-7-15-17(11-12)30-20(27-15)26-14-4-1-3-13(14)25-19(29)18-16(5-2-8-22-18)28-23-9-10-24-28/h2,5-11,13-14H,1,3-4H2,(H,25,29)(H,26,27)/t13?,14-/m0/s1. The number of nitrogens with zero attached hydrogens (tertiary/aromatic N) is 5. The number of benzene rings is 1. The highest BCUT2D eigenvalue weighted by atomic mass is 32.1. The highest BCUT2D eigenvalue weighted by Crippen LogP contribution is 2.30. The van der Waals surface area contributed by atoms with Gasteiger partial charge < -0.3 is 10.6 Å². The van der Waals surface area contributed by atoms with Crippen LogP contribution in [-0.4, -0.2) is 43.0 Å². The zero-order valence-electron chi connectivity index (χ0n) is 15.8. The minimum Gasteiger partial charge on any atom is -0.357 e. The second kappa shape index (κ2) is 7.79. The van der Waals surface area contributed by atoms with Crippen molar-refractivity contribution in [1.29, 1.82) is 0 Å². The van der Waals surface area contributed by atoms with Gasteiger partial charge in [-0.1, -0.05) is 11.3 Å². The number of carbonyl (C=O) groups is 1. The summed E-state index contributed by atoms with van der Waals surface area (Å²) in [5.41, 5.74) is 1.55. The van der Waals surface area contributed by atoms with Gasteiger partial charge in [-0.3, -0.25) is 4.79 Å². The lowest BCUT2D eigenvalue weighted by molar-refractivity contribution is 0.0930. The molecule has 1 fully saturated rings. The van der Waals surface area contributed by atoms with E-state index >= 15 is 0 Å². The Morgan fingerprint density at radius 3 is 2.83 bits per heavy atom. The molecule has 2 atom stereocenters. The van der Waals surface area contributed by atoms with Crippen LogP contribution in [0.4, 0.5) is 9.52 Å². The van der Waals surface area contributed by atoms with Gasteiger partial charge in [0.25, 0.3) is 5.91 Å². The van der Waals surface area contributed by atoms with Gasteiger partial charge in [-0.2, -0.15) is 10.2 Å². The first-order chi connectivity index (χ1) is 14.7. The lowest BCUT2D eigenvalue weighted by atomic mass is 10.1. The number of anilines is 1. The summed E-state index contributed by atoms with van der Waals surface area (Å²) in [7, 11) is 0. The normalized spacial score (nSPS) is 18.6. The molecule has 152 valence electrons. The topological polar surface area (TPSA) is 97.6 Å². The Hall–Kier alpha value is -3.40. The molecule has 0 saturated heterocycles. The predicted molar refractivity (Wildman–Crippen MR) is 111 cm³/mol. The molecular formula is C20H18FN7OS. The molecule has 5 rings (SSSR count). The Morgan fingerprint density at radius 2 is 1.97 bits per heavy atom. The van der Waals surface area contributed by atoms with Crippen LogP contribution in [0.5, 0.6) is 0 Å². The number of nitrogens with one attached hydrogen (secondary N) is 2. The molecule has 1 aliphatic rings. The second-order valence-electron chi connectivity index (χ2n) is 7.08. The van der Waals surface area contributed by atoms with E-state index < -0.39 is 0 Å². The van der Waals surface area contributed by atoms with Gasteiger partial charge >= 0.3 is 0 Å². The third-order valence-electron chi connectivity index (χ3n) is 5.13. The van der Waals surface area contributed by atoms with Crippen molar-refractivity contribution in [2.75, 3.05) is 5.32 Å². The number of amides is 1. The largest absolute Gasteiger partial charge is 0.357 e. The summed E-state index contributed by atoms with van der Waals surface area (Å²) in [6, 6.07) is 8.03. The molecule has 0 bridgehead atoms. The summed E-state index contributed by atoms with van der Waals surface area (Å²) < 4.78 is 14.2. The first-order valence-corrected chi connectivity index (χ1v) is 10.4. The van der Waals surface area contributed by atoms with Gasteiger partial charge in [-0.05, 0) is 49.6 Å². The van der Waals surface area contributed by atoms with Crippen molar-refractivity contribution in [2.45, 2.75) is 31.3 Å². The van der Waals surface area contributed by atoms with Gasteiger partial charge in [-0.25, -0.2) is 14.4 Å². The van der Waals surface area contributed by atoms with E-state index in [0.717, 1.165) is 34.6 Å². The summed E-state index contributed by atoms with van der Waals surface area (Å²) in [5.74, 6) is -0.547. The van der Waals surface area contributed by atoms with Gasteiger partial charge in [0.1, 0.15) is 11.5 Å². The molecule has 10 heteroatoms. The maximum Gasteiger partial charge on any atom is 0.272 e. The van der Waals surface area contributed by atoms with Crippen molar-refractivity contribution in [3.05, 3.63) is 60.4 Å². The number of hydrogen-bond acceptors (Lipinski definition) is 7. The zero-order valence-corrected chi connectivity index (χ0v) is 16.6. The Balaban J connectivity index is 1.33. The van der Waals surface area contributed by atoms with Crippen molar-refractivity contribution < 1.29 is 9.18 Å². The number of rotatable bonds is 5. The first kappa shape index (κ1) is 18.6. The van der Waals surface area contributed by atoms with Crippen LogP contribution in [0.25, 0.3) is 15.9 Å². The average Bonchev–Trinajstić information content (AvgIpc) is 3.49. The Bertz CT molecular complexity index is 1190. The summed E-state index contributed by atoms with van der Waals surface area (Å²) in [5, 5.41) is 15.4. The highest BCUT2D eigenvalue weighted by molar-refractivity contribution is 7.22. The molecular weight excluding hydrogens is 405 g/mol. The van der Waals surface area contributed by atoms with Gasteiger partial charge in [0, 0.05) is 18.3 Å². The van der Waals surface area contributed by atoms with Crippen LogP contribution >= 0.6 is 11.3 Å². The fraction of sp³-hybridized carbons (Fsp3) is 0.250. The number of hydrogen-bond donors (Lipinski definition) is 2. The summed E-state index contributed by atoms with van der Waals surface area (Å²) in [6.07, 6.45) is 7.42. The molecule has 30 heavy (non-hydrogen) atoms. The minimum atomic E-state index is -0.276. The Morgan fingerprint density at radius 1 is 1.13 bits per heavy atom. The fourth-order valence-corrected chi connectivity index (χ4v) is 4.69. The van der Waals surface area contributed by atoms with E-state index in [0.29, 0.717) is 5.69 Å². The first-order valence-electron chi connectivity index (χ1n) is 9.62. The number of thiazole rings is 1. The third-order valence-corrected chi connectivity index (χ3v) is 6.08. The molecule has 1 aromatic carbocycles. The van der Waals surface area contributed by atoms with Crippen molar-refractivity contribution in [3.63, 3.8) is 0 Å². The number of fused-ring (bicyclic) bond motifs is 1. The quantitative estimate of drug-likeness (QED) is 0.512. The molecule has 1 amide bonds. The number of pyridine rings is 1. The molecule has 1 saturated carbocycles. The lowest BCUT2D eigenvalue weighted by Crippen LogP contribution is -2.43. The maximum atomic E-state index is 13.4. The lowest BCUT2D eigenvalue weighted by Gasteiger charge is -2.22. The summed E-state index contributed by atoms with van der Waals surface area (Å²) in [6.45, 7) is 0. The third kappa shape index (κ3) is 3.61. The van der Waals surface area contributed by atoms with Gasteiger partial charge in [-0.15, -0.1) is 4.80 Å². The number of aromatic nitrogens is 5. The van der Waals surface area contributed by atoms with Crippen molar-refractivity contribution in [1.82, 2.24) is 30.3 Å². The van der Waals surface area contributed by atoms with Gasteiger partial charge in [0.05, 0.1) is 22.6 Å². The highest BCUT2D eigenvalue weighted by Gasteiger charge is 2.30. The van der Waals surface area contributed by atoms with Crippen molar-refractivity contribution in [3.8, 4) is 5.69 Å². The van der Waals surface area contributed by atoms with Crippen LogP contribution in [0.1, 0.15) is 29.8 Å². The van der Waals surface area contributed by atoms with E-state index in [-0.39, 0.29) is 29.5 Å². The summed E-state index contributed by atoms with van der Waals surface area (Å²) >= 11 is 1.41. The molecule has 0 spiro atoms. The van der Waals surface area contributed by atoms with Crippen LogP contribution in [0.15, 0.2) is 48.9 Å². The zero-order chi connectivity index (χ0) is 20.5. The Kier molecular flexibility index (Phi) is 4.83. The van der Waals surface area contributed by atoms with E-state index in [1.807, 2.05) is 0 Å². The minimum absolute atomic E-state index is 0.0364. The van der Waals surface area contributed by atoms with Crippen molar-refractivity contribution >= 4 is 32.6 Å². The maximum absolute atomic E-state index is 13.4. The molecule has 1 unspecified atom stereocenters. The summed E-state index contributed by atoms with van der Waals surface area (Å²) in [4.78, 5) is 23.1. The number of halogens is 1. The molecule has 4 aromatic rings. The molecule has 2 N–H and O–H groups in total. The fourth-order valence-electron chi connectivity index (χ4n) is 3.73. The SMILES string of the molecule is O=C(NC1CCC[C@@H]1Nc1nc2ccc(F)cc2s1)c1ncccc1-n1nccn1. The van der Waals surface area contributed by atoms with Crippen LogP contribution in [0, 0.1) is 5.82 Å². The molecule has 1 aliphatic carbocycles.